The van der Waals surface area contributed by atoms with E-state index in [1.807, 2.05) is 13.2 Å². The Hall–Kier alpha value is -1.03. The lowest BCUT2D eigenvalue weighted by atomic mass is 9.96. The van der Waals surface area contributed by atoms with Gasteiger partial charge in [0.05, 0.1) is 25.0 Å². The summed E-state index contributed by atoms with van der Waals surface area (Å²) in [5.74, 6) is 1.78. The minimum Gasteiger partial charge on any atom is -0.493 e. The maximum Gasteiger partial charge on any atom is 0.161 e. The molecule has 0 aliphatic heterocycles. The molecule has 1 saturated carbocycles. The molecule has 1 unspecified atom stereocenters. The summed E-state index contributed by atoms with van der Waals surface area (Å²) in [6, 6.07) is 0.354. The molecule has 108 valence electrons. The summed E-state index contributed by atoms with van der Waals surface area (Å²) >= 11 is 0. The summed E-state index contributed by atoms with van der Waals surface area (Å²) in [6.07, 6.45) is 9.69. The quantitative estimate of drug-likeness (QED) is 0.823. The number of methoxy groups -OCH3 is 1. The molecule has 1 aromatic heterocycles. The minimum absolute atomic E-state index is 0.354. The molecule has 4 heteroatoms. The molecule has 1 fully saturated rings. The van der Waals surface area contributed by atoms with Crippen LogP contribution in [0.2, 0.25) is 0 Å². The molecule has 1 atom stereocenters. The van der Waals surface area contributed by atoms with Crippen molar-refractivity contribution in [3.05, 3.63) is 11.9 Å². The number of aryl methyl sites for hydroxylation is 1. The molecule has 1 aliphatic carbocycles. The fraction of sp³-hybridized carbons (Fsp3) is 0.800. The molecule has 4 nitrogen and oxygen atoms in total. The van der Waals surface area contributed by atoms with Crippen LogP contribution in [0.1, 0.15) is 57.2 Å². The molecular weight excluding hydrogens is 238 g/mol. The summed E-state index contributed by atoms with van der Waals surface area (Å²) < 4.78 is 7.60. The zero-order valence-corrected chi connectivity index (χ0v) is 12.5. The van der Waals surface area contributed by atoms with Crippen molar-refractivity contribution in [2.24, 2.45) is 5.92 Å². The summed E-state index contributed by atoms with van der Waals surface area (Å²) in [7, 11) is 3.78. The van der Waals surface area contributed by atoms with E-state index in [0.29, 0.717) is 6.04 Å². The number of rotatable bonds is 7. The maximum absolute atomic E-state index is 5.50. The Balaban J connectivity index is 2.17. The maximum atomic E-state index is 5.50. The Kier molecular flexibility index (Phi) is 5.25. The molecule has 0 radical (unpaired) electrons. The van der Waals surface area contributed by atoms with Gasteiger partial charge in [0.2, 0.25) is 0 Å². The van der Waals surface area contributed by atoms with Crippen LogP contribution in [0.15, 0.2) is 6.20 Å². The van der Waals surface area contributed by atoms with E-state index in [0.717, 1.165) is 24.6 Å². The highest BCUT2D eigenvalue weighted by molar-refractivity contribution is 5.28. The average molecular weight is 265 g/mol. The fourth-order valence-electron chi connectivity index (χ4n) is 3.22. The van der Waals surface area contributed by atoms with Crippen molar-refractivity contribution in [3.63, 3.8) is 0 Å². The Bertz CT molecular complexity index is 383. The smallest absolute Gasteiger partial charge is 0.161 e. The Morgan fingerprint density at radius 2 is 2.21 bits per heavy atom. The first-order chi connectivity index (χ1) is 9.30. The largest absolute Gasteiger partial charge is 0.493 e. The Morgan fingerprint density at radius 1 is 1.47 bits per heavy atom. The van der Waals surface area contributed by atoms with Gasteiger partial charge in [-0.2, -0.15) is 5.10 Å². The number of hydrogen-bond donors (Lipinski definition) is 1. The second kappa shape index (κ2) is 6.94. The van der Waals surface area contributed by atoms with Gasteiger partial charge in [-0.05, 0) is 25.8 Å². The molecular formula is C15H27N3O. The highest BCUT2D eigenvalue weighted by Crippen LogP contribution is 2.35. The lowest BCUT2D eigenvalue weighted by Crippen LogP contribution is -2.23. The van der Waals surface area contributed by atoms with Gasteiger partial charge >= 0.3 is 0 Å². The number of ether oxygens (including phenoxy) is 1. The van der Waals surface area contributed by atoms with Gasteiger partial charge in [-0.3, -0.25) is 4.68 Å². The van der Waals surface area contributed by atoms with E-state index in [2.05, 4.69) is 22.0 Å². The van der Waals surface area contributed by atoms with Gasteiger partial charge in [0.25, 0.3) is 0 Å². The lowest BCUT2D eigenvalue weighted by molar-refractivity contribution is 0.361. The van der Waals surface area contributed by atoms with E-state index in [-0.39, 0.29) is 0 Å². The predicted molar refractivity (Wildman–Crippen MR) is 77.4 cm³/mol. The van der Waals surface area contributed by atoms with Crippen molar-refractivity contribution in [3.8, 4) is 5.75 Å². The zero-order valence-electron chi connectivity index (χ0n) is 12.5. The second-order valence-corrected chi connectivity index (χ2v) is 5.55. The molecule has 0 amide bonds. The SMILES string of the molecule is CCCn1ncc(OC)c1C(CC1CCCC1)NC. The molecule has 0 spiro atoms. The van der Waals surface area contributed by atoms with Crippen LogP contribution in [0.25, 0.3) is 0 Å². The van der Waals surface area contributed by atoms with Crippen LogP contribution in [0.5, 0.6) is 5.75 Å². The van der Waals surface area contributed by atoms with Gasteiger partial charge in [0.1, 0.15) is 0 Å². The third kappa shape index (κ3) is 3.30. The molecule has 0 aromatic carbocycles. The molecule has 0 bridgehead atoms. The monoisotopic (exact) mass is 265 g/mol. The number of nitrogens with one attached hydrogen (secondary N) is 1. The van der Waals surface area contributed by atoms with Crippen LogP contribution in [-0.2, 0) is 6.54 Å². The summed E-state index contributed by atoms with van der Waals surface area (Å²) in [5, 5.41) is 7.94. The van der Waals surface area contributed by atoms with E-state index in [1.54, 1.807) is 7.11 Å². The fourth-order valence-corrected chi connectivity index (χ4v) is 3.22. The zero-order chi connectivity index (χ0) is 13.7. The van der Waals surface area contributed by atoms with Gasteiger partial charge < -0.3 is 10.1 Å². The minimum atomic E-state index is 0.354. The van der Waals surface area contributed by atoms with Crippen molar-refractivity contribution in [1.29, 1.82) is 0 Å². The molecule has 19 heavy (non-hydrogen) atoms. The summed E-state index contributed by atoms with van der Waals surface area (Å²) in [4.78, 5) is 0. The summed E-state index contributed by atoms with van der Waals surface area (Å²) in [6.45, 7) is 3.14. The van der Waals surface area contributed by atoms with Gasteiger partial charge in [-0.1, -0.05) is 32.6 Å². The first-order valence-corrected chi connectivity index (χ1v) is 7.57. The number of hydrogen-bond acceptors (Lipinski definition) is 3. The lowest BCUT2D eigenvalue weighted by Gasteiger charge is -2.22. The average Bonchev–Trinajstić information content (AvgIpc) is 3.05. The Morgan fingerprint density at radius 3 is 2.79 bits per heavy atom. The molecule has 1 N–H and O–H groups in total. The third-order valence-electron chi connectivity index (χ3n) is 4.22. The van der Waals surface area contributed by atoms with Gasteiger partial charge in [0.15, 0.2) is 5.75 Å². The van der Waals surface area contributed by atoms with Gasteiger partial charge in [-0.25, -0.2) is 0 Å². The van der Waals surface area contributed by atoms with Crippen LogP contribution < -0.4 is 10.1 Å². The van der Waals surface area contributed by atoms with E-state index >= 15 is 0 Å². The van der Waals surface area contributed by atoms with Crippen LogP contribution in [-0.4, -0.2) is 23.9 Å². The molecule has 0 saturated heterocycles. The highest BCUT2D eigenvalue weighted by Gasteiger charge is 2.25. The number of aromatic nitrogens is 2. The second-order valence-electron chi connectivity index (χ2n) is 5.55. The normalized spacial score (nSPS) is 17.8. The molecule has 1 aliphatic rings. The van der Waals surface area contributed by atoms with E-state index in [1.165, 1.54) is 37.8 Å². The van der Waals surface area contributed by atoms with E-state index in [9.17, 15) is 0 Å². The van der Waals surface area contributed by atoms with Gasteiger partial charge in [-0.15, -0.1) is 0 Å². The van der Waals surface area contributed by atoms with E-state index < -0.39 is 0 Å². The van der Waals surface area contributed by atoms with Crippen LogP contribution in [0.4, 0.5) is 0 Å². The highest BCUT2D eigenvalue weighted by atomic mass is 16.5. The van der Waals surface area contributed by atoms with Crippen LogP contribution in [0, 0.1) is 5.92 Å². The molecule has 2 rings (SSSR count). The van der Waals surface area contributed by atoms with Crippen molar-refractivity contribution >= 4 is 0 Å². The standard InChI is InChI=1S/C15H27N3O/c1-4-9-18-15(14(19-3)11-17-18)13(16-2)10-12-7-5-6-8-12/h11-13,16H,4-10H2,1-3H3. The first kappa shape index (κ1) is 14.4. The van der Waals surface area contributed by atoms with Crippen molar-refractivity contribution in [2.45, 2.75) is 58.0 Å². The first-order valence-electron chi connectivity index (χ1n) is 7.57. The van der Waals surface area contributed by atoms with Crippen LogP contribution in [0.3, 0.4) is 0 Å². The Labute approximate surface area is 116 Å². The van der Waals surface area contributed by atoms with Crippen molar-refractivity contribution in [1.82, 2.24) is 15.1 Å². The van der Waals surface area contributed by atoms with Gasteiger partial charge in [0, 0.05) is 6.54 Å². The summed E-state index contributed by atoms with van der Waals surface area (Å²) in [5.41, 5.74) is 1.22. The topological polar surface area (TPSA) is 39.1 Å². The third-order valence-corrected chi connectivity index (χ3v) is 4.22. The van der Waals surface area contributed by atoms with Crippen molar-refractivity contribution in [2.75, 3.05) is 14.2 Å². The predicted octanol–water partition coefficient (Wildman–Crippen LogP) is 3.14. The van der Waals surface area contributed by atoms with Crippen molar-refractivity contribution < 1.29 is 4.74 Å². The number of nitrogens with zero attached hydrogens (tertiary/aromatic N) is 2. The van der Waals surface area contributed by atoms with E-state index in [4.69, 9.17) is 4.74 Å². The molecule has 1 heterocycles. The molecule has 1 aromatic rings. The van der Waals surface area contributed by atoms with Crippen LogP contribution >= 0.6 is 0 Å².